The smallest absolute Gasteiger partial charge is 0.355 e. The summed E-state index contributed by atoms with van der Waals surface area (Å²) in [6.45, 7) is 8.50. The molecule has 1 aromatic heterocycles. The summed E-state index contributed by atoms with van der Waals surface area (Å²) in [6, 6.07) is 17.1. The lowest BCUT2D eigenvalue weighted by molar-refractivity contribution is 0.0513. The molecule has 1 heterocycles. The Labute approximate surface area is 182 Å². The number of esters is 1. The van der Waals surface area contributed by atoms with Crippen LogP contribution in [0.4, 0.5) is 5.69 Å². The summed E-state index contributed by atoms with van der Waals surface area (Å²) >= 11 is 0. The second-order valence-electron chi connectivity index (χ2n) is 7.11. The SMILES string of the molecule is CCOC(=O)c1c(C)c(C(=O)Nc2ccccc2OCC)c(C)n1Cc1ccccc1. The number of ether oxygens (including phenoxy) is 2. The zero-order chi connectivity index (χ0) is 22.4. The maximum Gasteiger partial charge on any atom is 0.355 e. The van der Waals surface area contributed by atoms with Gasteiger partial charge in [0.05, 0.1) is 24.5 Å². The summed E-state index contributed by atoms with van der Waals surface area (Å²) in [5, 5.41) is 2.94. The van der Waals surface area contributed by atoms with Crippen molar-refractivity contribution in [3.63, 3.8) is 0 Å². The molecule has 3 aromatic rings. The molecule has 0 aliphatic rings. The number of hydrogen-bond acceptors (Lipinski definition) is 4. The molecule has 1 amide bonds. The van der Waals surface area contributed by atoms with Crippen molar-refractivity contribution < 1.29 is 19.1 Å². The minimum absolute atomic E-state index is 0.261. The van der Waals surface area contributed by atoms with Crippen LogP contribution in [0.25, 0.3) is 0 Å². The van der Waals surface area contributed by atoms with Crippen molar-refractivity contribution in [3.05, 3.63) is 82.7 Å². The molecule has 0 atom stereocenters. The largest absolute Gasteiger partial charge is 0.492 e. The van der Waals surface area contributed by atoms with Crippen LogP contribution in [0, 0.1) is 13.8 Å². The zero-order valence-corrected chi connectivity index (χ0v) is 18.4. The van der Waals surface area contributed by atoms with Gasteiger partial charge in [-0.05, 0) is 51.0 Å². The highest BCUT2D eigenvalue weighted by Gasteiger charge is 2.27. The lowest BCUT2D eigenvalue weighted by Gasteiger charge is -2.12. The highest BCUT2D eigenvalue weighted by molar-refractivity contribution is 6.09. The van der Waals surface area contributed by atoms with Crippen LogP contribution in [0.5, 0.6) is 5.75 Å². The minimum Gasteiger partial charge on any atom is -0.492 e. The summed E-state index contributed by atoms with van der Waals surface area (Å²) in [5.74, 6) is -0.129. The summed E-state index contributed by atoms with van der Waals surface area (Å²) in [7, 11) is 0. The quantitative estimate of drug-likeness (QED) is 0.522. The molecule has 0 saturated carbocycles. The average molecular weight is 421 g/mol. The Morgan fingerprint density at radius 2 is 1.61 bits per heavy atom. The minimum atomic E-state index is -0.437. The van der Waals surface area contributed by atoms with E-state index in [1.807, 2.05) is 66.9 Å². The number of para-hydroxylation sites is 2. The van der Waals surface area contributed by atoms with E-state index < -0.39 is 5.97 Å². The van der Waals surface area contributed by atoms with E-state index in [0.29, 0.717) is 47.1 Å². The standard InChI is InChI=1S/C25H28N2O4/c1-5-30-21-15-11-10-14-20(21)26-24(28)22-17(3)23(25(29)31-6-2)27(18(22)4)16-19-12-8-7-9-13-19/h7-15H,5-6,16H2,1-4H3,(H,26,28). The van der Waals surface area contributed by atoms with Gasteiger partial charge in [-0.15, -0.1) is 0 Å². The number of rotatable bonds is 8. The second-order valence-corrected chi connectivity index (χ2v) is 7.11. The van der Waals surface area contributed by atoms with Crippen LogP contribution in [0.15, 0.2) is 54.6 Å². The van der Waals surface area contributed by atoms with Crippen molar-refractivity contribution in [2.24, 2.45) is 0 Å². The van der Waals surface area contributed by atoms with Gasteiger partial charge in [0.2, 0.25) is 0 Å². The molecule has 162 valence electrons. The van der Waals surface area contributed by atoms with Crippen molar-refractivity contribution >= 4 is 17.6 Å². The number of amides is 1. The number of hydrogen-bond donors (Lipinski definition) is 1. The van der Waals surface area contributed by atoms with Crippen molar-refractivity contribution in [2.75, 3.05) is 18.5 Å². The summed E-state index contributed by atoms with van der Waals surface area (Å²) in [6.07, 6.45) is 0. The summed E-state index contributed by atoms with van der Waals surface area (Å²) in [4.78, 5) is 26.0. The fourth-order valence-corrected chi connectivity index (χ4v) is 3.69. The highest BCUT2D eigenvalue weighted by Crippen LogP contribution is 2.28. The predicted molar refractivity (Wildman–Crippen MR) is 121 cm³/mol. The van der Waals surface area contributed by atoms with Gasteiger partial charge < -0.3 is 19.4 Å². The molecule has 0 unspecified atom stereocenters. The van der Waals surface area contributed by atoms with Crippen molar-refractivity contribution in [1.29, 1.82) is 0 Å². The lowest BCUT2D eigenvalue weighted by atomic mass is 10.1. The molecule has 0 bridgehead atoms. The molecule has 6 nitrogen and oxygen atoms in total. The molecule has 0 saturated heterocycles. The van der Waals surface area contributed by atoms with E-state index in [0.717, 1.165) is 5.56 Å². The third kappa shape index (κ3) is 4.79. The van der Waals surface area contributed by atoms with Crippen LogP contribution >= 0.6 is 0 Å². The van der Waals surface area contributed by atoms with E-state index in [1.165, 1.54) is 0 Å². The number of aromatic nitrogens is 1. The first-order chi connectivity index (χ1) is 15.0. The fourth-order valence-electron chi connectivity index (χ4n) is 3.69. The van der Waals surface area contributed by atoms with Gasteiger partial charge in [-0.25, -0.2) is 4.79 Å². The van der Waals surface area contributed by atoms with Gasteiger partial charge in [0, 0.05) is 12.2 Å². The molecule has 0 aliphatic heterocycles. The van der Waals surface area contributed by atoms with Crippen LogP contribution in [-0.2, 0) is 11.3 Å². The molecule has 0 radical (unpaired) electrons. The van der Waals surface area contributed by atoms with E-state index >= 15 is 0 Å². The van der Waals surface area contributed by atoms with E-state index in [4.69, 9.17) is 9.47 Å². The summed E-state index contributed by atoms with van der Waals surface area (Å²) in [5.41, 5.74) is 3.77. The van der Waals surface area contributed by atoms with Crippen LogP contribution in [0.1, 0.15) is 51.5 Å². The second kappa shape index (κ2) is 9.98. The Bertz CT molecular complexity index is 1070. The van der Waals surface area contributed by atoms with Crippen molar-refractivity contribution in [3.8, 4) is 5.75 Å². The van der Waals surface area contributed by atoms with E-state index in [2.05, 4.69) is 5.32 Å². The van der Waals surface area contributed by atoms with Crippen molar-refractivity contribution in [2.45, 2.75) is 34.2 Å². The van der Waals surface area contributed by atoms with E-state index in [9.17, 15) is 9.59 Å². The first kappa shape index (κ1) is 22.2. The Morgan fingerprint density at radius 3 is 2.29 bits per heavy atom. The normalized spacial score (nSPS) is 10.6. The Morgan fingerprint density at radius 1 is 0.935 bits per heavy atom. The molecule has 3 rings (SSSR count). The topological polar surface area (TPSA) is 69.6 Å². The zero-order valence-electron chi connectivity index (χ0n) is 18.4. The van der Waals surface area contributed by atoms with Gasteiger partial charge in [-0.1, -0.05) is 42.5 Å². The van der Waals surface area contributed by atoms with Gasteiger partial charge in [-0.2, -0.15) is 0 Å². The van der Waals surface area contributed by atoms with Crippen LogP contribution in [0.3, 0.4) is 0 Å². The molecule has 0 fully saturated rings. The molecule has 1 N–H and O–H groups in total. The highest BCUT2D eigenvalue weighted by atomic mass is 16.5. The molecule has 0 aliphatic carbocycles. The van der Waals surface area contributed by atoms with E-state index in [-0.39, 0.29) is 12.5 Å². The molecular formula is C25H28N2O4. The Kier molecular flexibility index (Phi) is 7.13. The number of benzene rings is 2. The third-order valence-electron chi connectivity index (χ3n) is 5.08. The number of nitrogens with one attached hydrogen (secondary N) is 1. The summed E-state index contributed by atoms with van der Waals surface area (Å²) < 4.78 is 12.8. The monoisotopic (exact) mass is 420 g/mol. The molecular weight excluding hydrogens is 392 g/mol. The average Bonchev–Trinajstić information content (AvgIpc) is 3.00. The number of carbonyl (C=O) groups excluding carboxylic acids is 2. The van der Waals surface area contributed by atoms with Gasteiger partial charge in [0.1, 0.15) is 11.4 Å². The first-order valence-electron chi connectivity index (χ1n) is 10.4. The number of anilines is 1. The molecule has 2 aromatic carbocycles. The van der Waals surface area contributed by atoms with Crippen LogP contribution in [-0.4, -0.2) is 29.7 Å². The van der Waals surface area contributed by atoms with Crippen LogP contribution < -0.4 is 10.1 Å². The maximum atomic E-state index is 13.3. The van der Waals surface area contributed by atoms with Crippen LogP contribution in [0.2, 0.25) is 0 Å². The molecule has 31 heavy (non-hydrogen) atoms. The van der Waals surface area contributed by atoms with Gasteiger partial charge >= 0.3 is 5.97 Å². The van der Waals surface area contributed by atoms with Crippen molar-refractivity contribution in [1.82, 2.24) is 4.57 Å². The number of nitrogens with zero attached hydrogens (tertiary/aromatic N) is 1. The third-order valence-corrected chi connectivity index (χ3v) is 5.08. The lowest BCUT2D eigenvalue weighted by Crippen LogP contribution is -2.15. The molecule has 0 spiro atoms. The molecule has 6 heteroatoms. The Hall–Kier alpha value is -3.54. The fraction of sp³-hybridized carbons (Fsp3) is 0.280. The number of carbonyl (C=O) groups is 2. The predicted octanol–water partition coefficient (Wildman–Crippen LogP) is 4.98. The van der Waals surface area contributed by atoms with E-state index in [1.54, 1.807) is 19.9 Å². The first-order valence-corrected chi connectivity index (χ1v) is 10.4. The van der Waals surface area contributed by atoms with Gasteiger partial charge in [-0.3, -0.25) is 4.79 Å². The van der Waals surface area contributed by atoms with Gasteiger partial charge in [0.25, 0.3) is 5.91 Å². The maximum absolute atomic E-state index is 13.3. The Balaban J connectivity index is 2.03. The van der Waals surface area contributed by atoms with Gasteiger partial charge in [0.15, 0.2) is 0 Å².